The highest BCUT2D eigenvalue weighted by Crippen LogP contribution is 2.18. The minimum atomic E-state index is -0.922. The van der Waals surface area contributed by atoms with Crippen molar-refractivity contribution >= 4 is 17.7 Å². The highest BCUT2D eigenvalue weighted by molar-refractivity contribution is 5.92. The fraction of sp³-hybridized carbons (Fsp3) is 0.385. The third-order valence-electron chi connectivity index (χ3n) is 2.58. The smallest absolute Gasteiger partial charge is 0.321 e. The van der Waals surface area contributed by atoms with E-state index >= 15 is 0 Å². The molecule has 0 aliphatic carbocycles. The van der Waals surface area contributed by atoms with Gasteiger partial charge in [0.25, 0.3) is 0 Å². The zero-order chi connectivity index (χ0) is 13.5. The second kappa shape index (κ2) is 6.64. The van der Waals surface area contributed by atoms with Gasteiger partial charge in [-0.15, -0.1) is 0 Å². The maximum absolute atomic E-state index is 11.9. The fourth-order valence-corrected chi connectivity index (χ4v) is 1.66. The van der Waals surface area contributed by atoms with E-state index in [1.807, 2.05) is 38.1 Å². The summed E-state index contributed by atoms with van der Waals surface area (Å²) < 4.78 is 0. The van der Waals surface area contributed by atoms with Crippen molar-refractivity contribution in [2.45, 2.75) is 20.3 Å². The molecule has 0 saturated heterocycles. The first kappa shape index (κ1) is 14.0. The Hall–Kier alpha value is -2.04. The summed E-state index contributed by atoms with van der Waals surface area (Å²) in [6, 6.07) is 7.32. The first-order valence-corrected chi connectivity index (χ1v) is 5.89. The van der Waals surface area contributed by atoms with Crippen molar-refractivity contribution in [1.29, 1.82) is 0 Å². The summed E-state index contributed by atoms with van der Waals surface area (Å²) in [7, 11) is 0. The van der Waals surface area contributed by atoms with Gasteiger partial charge in [-0.25, -0.2) is 4.79 Å². The van der Waals surface area contributed by atoms with E-state index in [-0.39, 0.29) is 19.0 Å². The molecule has 0 saturated carbocycles. The molecule has 0 radical (unpaired) electrons. The number of amides is 2. The molecule has 0 bridgehead atoms. The van der Waals surface area contributed by atoms with E-state index in [0.29, 0.717) is 6.54 Å². The number of carbonyl (C=O) groups is 2. The van der Waals surface area contributed by atoms with Crippen molar-refractivity contribution < 1.29 is 14.7 Å². The molecule has 0 unspecified atom stereocenters. The zero-order valence-corrected chi connectivity index (χ0v) is 10.6. The highest BCUT2D eigenvalue weighted by Gasteiger charge is 2.14. The number of aliphatic carboxylic acids is 1. The maximum atomic E-state index is 11.9. The Morgan fingerprint density at radius 1 is 1.33 bits per heavy atom. The quantitative estimate of drug-likeness (QED) is 0.839. The molecule has 0 atom stereocenters. The van der Waals surface area contributed by atoms with Crippen molar-refractivity contribution in [2.75, 3.05) is 18.0 Å². The van der Waals surface area contributed by atoms with Crippen LogP contribution in [-0.4, -0.2) is 30.2 Å². The van der Waals surface area contributed by atoms with Gasteiger partial charge in [-0.2, -0.15) is 0 Å². The van der Waals surface area contributed by atoms with Gasteiger partial charge < -0.3 is 10.4 Å². The number of nitrogens with zero attached hydrogens (tertiary/aromatic N) is 1. The van der Waals surface area contributed by atoms with Crippen LogP contribution in [0.4, 0.5) is 10.5 Å². The lowest BCUT2D eigenvalue weighted by Crippen LogP contribution is -2.41. The number of nitrogens with one attached hydrogen (secondary N) is 1. The number of carbonyl (C=O) groups excluding carboxylic acids is 1. The van der Waals surface area contributed by atoms with Crippen LogP contribution in [0.1, 0.15) is 18.9 Å². The summed E-state index contributed by atoms with van der Waals surface area (Å²) >= 11 is 0. The van der Waals surface area contributed by atoms with Crippen molar-refractivity contribution in [3.63, 3.8) is 0 Å². The number of hydrogen-bond donors (Lipinski definition) is 2. The van der Waals surface area contributed by atoms with Gasteiger partial charge in [0.2, 0.25) is 0 Å². The summed E-state index contributed by atoms with van der Waals surface area (Å²) in [6.45, 7) is 4.48. The number of hydrogen-bond acceptors (Lipinski definition) is 2. The first-order chi connectivity index (χ1) is 8.56. The summed E-state index contributed by atoms with van der Waals surface area (Å²) in [5.74, 6) is -0.922. The minimum absolute atomic E-state index is 0.0724. The lowest BCUT2D eigenvalue weighted by Gasteiger charge is -2.23. The van der Waals surface area contributed by atoms with E-state index in [1.165, 1.54) is 0 Å². The van der Waals surface area contributed by atoms with Crippen molar-refractivity contribution in [3.05, 3.63) is 29.8 Å². The molecule has 0 aliphatic rings. The number of urea groups is 1. The number of anilines is 1. The Labute approximate surface area is 106 Å². The van der Waals surface area contributed by atoms with Crippen LogP contribution < -0.4 is 10.2 Å². The molecule has 1 aromatic rings. The Bertz CT molecular complexity index is 432. The first-order valence-electron chi connectivity index (χ1n) is 5.89. The third kappa shape index (κ3) is 3.76. The molecule has 18 heavy (non-hydrogen) atoms. The molecule has 0 aliphatic heterocycles. The number of carboxylic acids is 1. The molecule has 0 aromatic heterocycles. The standard InChI is InChI=1S/C13H18N2O3/c1-3-15(11-7-5-4-6-10(11)2)13(18)14-9-8-12(16)17/h4-7H,3,8-9H2,1-2H3,(H,14,18)(H,16,17). The minimum Gasteiger partial charge on any atom is -0.481 e. The van der Waals surface area contributed by atoms with Gasteiger partial charge in [0.05, 0.1) is 6.42 Å². The number of aryl methyl sites for hydroxylation is 1. The average Bonchev–Trinajstić information content (AvgIpc) is 2.32. The topological polar surface area (TPSA) is 69.6 Å². The van der Waals surface area contributed by atoms with Gasteiger partial charge in [0, 0.05) is 18.8 Å². The molecule has 1 aromatic carbocycles. The van der Waals surface area contributed by atoms with E-state index in [2.05, 4.69) is 5.32 Å². The van der Waals surface area contributed by atoms with Crippen LogP contribution in [0, 0.1) is 6.92 Å². The van der Waals surface area contributed by atoms with Crippen LogP contribution >= 0.6 is 0 Å². The lowest BCUT2D eigenvalue weighted by molar-refractivity contribution is -0.136. The van der Waals surface area contributed by atoms with Crippen LogP contribution in [0.2, 0.25) is 0 Å². The largest absolute Gasteiger partial charge is 0.481 e. The monoisotopic (exact) mass is 250 g/mol. The summed E-state index contributed by atoms with van der Waals surface area (Å²) in [5.41, 5.74) is 1.85. The van der Waals surface area contributed by atoms with Crippen LogP contribution in [0.5, 0.6) is 0 Å². The SMILES string of the molecule is CCN(C(=O)NCCC(=O)O)c1ccccc1C. The Morgan fingerprint density at radius 3 is 2.56 bits per heavy atom. The molecule has 0 fully saturated rings. The van der Waals surface area contributed by atoms with E-state index < -0.39 is 5.97 Å². The number of para-hydroxylation sites is 1. The van der Waals surface area contributed by atoms with Crippen LogP contribution in [0.25, 0.3) is 0 Å². The maximum Gasteiger partial charge on any atom is 0.321 e. The molecular formula is C13H18N2O3. The normalized spacial score (nSPS) is 9.89. The third-order valence-corrected chi connectivity index (χ3v) is 2.58. The van der Waals surface area contributed by atoms with E-state index in [4.69, 9.17) is 5.11 Å². The van der Waals surface area contributed by atoms with Crippen LogP contribution in [0.3, 0.4) is 0 Å². The van der Waals surface area contributed by atoms with Crippen LogP contribution in [0.15, 0.2) is 24.3 Å². The van der Waals surface area contributed by atoms with Gasteiger partial charge in [-0.05, 0) is 25.5 Å². The van der Waals surface area contributed by atoms with Gasteiger partial charge in [0.1, 0.15) is 0 Å². The molecule has 2 N–H and O–H groups in total. The molecule has 0 spiro atoms. The Morgan fingerprint density at radius 2 is 2.00 bits per heavy atom. The van der Waals surface area contributed by atoms with E-state index in [1.54, 1.807) is 4.90 Å². The molecule has 5 nitrogen and oxygen atoms in total. The van der Waals surface area contributed by atoms with Gasteiger partial charge in [0.15, 0.2) is 0 Å². The van der Waals surface area contributed by atoms with Crippen LogP contribution in [-0.2, 0) is 4.79 Å². The molecule has 1 rings (SSSR count). The second-order valence-electron chi connectivity index (χ2n) is 3.91. The Balaban J connectivity index is 2.69. The number of carboxylic acid groups (broad SMARTS) is 1. The molecule has 2 amide bonds. The molecule has 98 valence electrons. The number of benzene rings is 1. The van der Waals surface area contributed by atoms with Crippen molar-refractivity contribution in [1.82, 2.24) is 5.32 Å². The predicted molar refractivity (Wildman–Crippen MR) is 69.9 cm³/mol. The predicted octanol–water partition coefficient (Wildman–Crippen LogP) is 2.01. The van der Waals surface area contributed by atoms with E-state index in [0.717, 1.165) is 11.3 Å². The average molecular weight is 250 g/mol. The highest BCUT2D eigenvalue weighted by atomic mass is 16.4. The van der Waals surface area contributed by atoms with Gasteiger partial charge in [-0.1, -0.05) is 18.2 Å². The van der Waals surface area contributed by atoms with Gasteiger partial charge in [-0.3, -0.25) is 9.69 Å². The molecule has 5 heteroatoms. The van der Waals surface area contributed by atoms with Crippen molar-refractivity contribution in [3.8, 4) is 0 Å². The Kier molecular flexibility index (Phi) is 5.17. The van der Waals surface area contributed by atoms with E-state index in [9.17, 15) is 9.59 Å². The number of rotatable bonds is 5. The second-order valence-corrected chi connectivity index (χ2v) is 3.91. The fourth-order valence-electron chi connectivity index (χ4n) is 1.66. The molecular weight excluding hydrogens is 232 g/mol. The summed E-state index contributed by atoms with van der Waals surface area (Å²) in [5, 5.41) is 11.1. The molecule has 0 heterocycles. The lowest BCUT2D eigenvalue weighted by atomic mass is 10.2. The summed E-state index contributed by atoms with van der Waals surface area (Å²) in [4.78, 5) is 23.9. The van der Waals surface area contributed by atoms with Gasteiger partial charge >= 0.3 is 12.0 Å². The summed E-state index contributed by atoms with van der Waals surface area (Å²) in [6.07, 6.45) is -0.0724. The van der Waals surface area contributed by atoms with Crippen molar-refractivity contribution in [2.24, 2.45) is 0 Å². The zero-order valence-electron chi connectivity index (χ0n) is 10.6.